The molecule has 27 heavy (non-hydrogen) atoms. The fourth-order valence-electron chi connectivity index (χ4n) is 2.98. The van der Waals surface area contributed by atoms with Gasteiger partial charge in [0.2, 0.25) is 11.8 Å². The van der Waals surface area contributed by atoms with Crippen LogP contribution in [0.3, 0.4) is 0 Å². The van der Waals surface area contributed by atoms with Gasteiger partial charge in [-0.05, 0) is 31.2 Å². The highest BCUT2D eigenvalue weighted by Gasteiger charge is 2.27. The smallest absolute Gasteiger partial charge is 0.261 e. The Labute approximate surface area is 160 Å². The van der Waals surface area contributed by atoms with Crippen molar-refractivity contribution in [2.45, 2.75) is 26.2 Å². The minimum absolute atomic E-state index is 0.00698. The second-order valence-electron chi connectivity index (χ2n) is 6.45. The van der Waals surface area contributed by atoms with Crippen LogP contribution in [0.25, 0.3) is 0 Å². The second kappa shape index (κ2) is 8.81. The van der Waals surface area contributed by atoms with Gasteiger partial charge in [-0.25, -0.2) is 0 Å². The van der Waals surface area contributed by atoms with E-state index in [0.29, 0.717) is 48.9 Å². The lowest BCUT2D eigenvalue weighted by molar-refractivity contribution is -0.134. The Morgan fingerprint density at radius 1 is 1.33 bits per heavy atom. The summed E-state index contributed by atoms with van der Waals surface area (Å²) in [6.45, 7) is 3.14. The number of piperidine rings is 1. The summed E-state index contributed by atoms with van der Waals surface area (Å²) >= 11 is 1.37. The van der Waals surface area contributed by atoms with Crippen molar-refractivity contribution in [3.8, 4) is 0 Å². The fraction of sp³-hybridized carbons (Fsp3) is 0.444. The number of nitrogens with zero attached hydrogens (tertiary/aromatic N) is 2. The minimum atomic E-state index is -0.156. The van der Waals surface area contributed by atoms with Gasteiger partial charge < -0.3 is 20.1 Å². The SMILES string of the molecule is Cc1cc(NC(=O)C2CCN(C(=O)CCNC(=O)c3cccs3)CC2)no1. The van der Waals surface area contributed by atoms with Crippen LogP contribution in [0.5, 0.6) is 0 Å². The average Bonchev–Trinajstić information content (AvgIpc) is 3.33. The lowest BCUT2D eigenvalue weighted by atomic mass is 9.95. The van der Waals surface area contributed by atoms with Gasteiger partial charge >= 0.3 is 0 Å². The maximum atomic E-state index is 12.3. The molecule has 9 heteroatoms. The standard InChI is InChI=1S/C18H22N4O4S/c1-12-11-15(21-26-12)20-17(24)13-5-8-22(9-6-13)16(23)4-7-19-18(25)14-3-2-10-27-14/h2-3,10-11,13H,4-9H2,1H3,(H,19,25)(H,20,21,24). The summed E-state index contributed by atoms with van der Waals surface area (Å²) in [6, 6.07) is 5.23. The lowest BCUT2D eigenvalue weighted by Crippen LogP contribution is -2.42. The number of carbonyl (C=O) groups excluding carboxylic acids is 3. The zero-order chi connectivity index (χ0) is 19.2. The first-order valence-electron chi connectivity index (χ1n) is 8.86. The largest absolute Gasteiger partial charge is 0.360 e. The Morgan fingerprint density at radius 2 is 2.11 bits per heavy atom. The number of amides is 3. The normalized spacial score (nSPS) is 14.8. The van der Waals surface area contributed by atoms with Crippen LogP contribution in [-0.4, -0.2) is 47.4 Å². The van der Waals surface area contributed by atoms with E-state index >= 15 is 0 Å². The third-order valence-corrected chi connectivity index (χ3v) is 5.34. The van der Waals surface area contributed by atoms with Gasteiger partial charge in [-0.2, -0.15) is 0 Å². The van der Waals surface area contributed by atoms with E-state index in [9.17, 15) is 14.4 Å². The Balaban J connectivity index is 1.37. The third-order valence-electron chi connectivity index (χ3n) is 4.47. The second-order valence-corrected chi connectivity index (χ2v) is 7.40. The van der Waals surface area contributed by atoms with E-state index in [1.165, 1.54) is 11.3 Å². The van der Waals surface area contributed by atoms with Crippen LogP contribution in [0, 0.1) is 12.8 Å². The molecule has 1 fully saturated rings. The number of rotatable bonds is 6. The van der Waals surface area contributed by atoms with E-state index in [4.69, 9.17) is 4.52 Å². The minimum Gasteiger partial charge on any atom is -0.360 e. The van der Waals surface area contributed by atoms with Crippen molar-refractivity contribution in [2.75, 3.05) is 25.0 Å². The highest BCUT2D eigenvalue weighted by molar-refractivity contribution is 7.12. The van der Waals surface area contributed by atoms with Crippen LogP contribution >= 0.6 is 11.3 Å². The van der Waals surface area contributed by atoms with Gasteiger partial charge in [-0.1, -0.05) is 11.2 Å². The number of hydrogen-bond donors (Lipinski definition) is 2. The zero-order valence-corrected chi connectivity index (χ0v) is 15.9. The van der Waals surface area contributed by atoms with E-state index in [0.717, 1.165) is 0 Å². The van der Waals surface area contributed by atoms with Crippen LogP contribution < -0.4 is 10.6 Å². The Bertz CT molecular complexity index is 794. The van der Waals surface area contributed by atoms with Gasteiger partial charge in [-0.15, -0.1) is 11.3 Å². The molecule has 0 aliphatic carbocycles. The van der Waals surface area contributed by atoms with Crippen molar-refractivity contribution in [3.05, 3.63) is 34.2 Å². The highest BCUT2D eigenvalue weighted by atomic mass is 32.1. The Morgan fingerprint density at radius 3 is 2.74 bits per heavy atom. The van der Waals surface area contributed by atoms with Gasteiger partial charge in [-0.3, -0.25) is 14.4 Å². The van der Waals surface area contributed by atoms with Crippen molar-refractivity contribution in [1.82, 2.24) is 15.4 Å². The van der Waals surface area contributed by atoms with Crippen LogP contribution in [-0.2, 0) is 9.59 Å². The lowest BCUT2D eigenvalue weighted by Gasteiger charge is -2.31. The summed E-state index contributed by atoms with van der Waals surface area (Å²) in [5.41, 5.74) is 0. The fourth-order valence-corrected chi connectivity index (χ4v) is 3.62. The summed E-state index contributed by atoms with van der Waals surface area (Å²) in [4.78, 5) is 38.8. The number of aromatic nitrogens is 1. The van der Waals surface area contributed by atoms with E-state index in [1.807, 2.05) is 11.4 Å². The Hall–Kier alpha value is -2.68. The first-order valence-corrected chi connectivity index (χ1v) is 9.74. The van der Waals surface area contributed by atoms with Crippen molar-refractivity contribution >= 4 is 34.9 Å². The molecule has 2 N–H and O–H groups in total. The molecule has 0 bridgehead atoms. The number of hydrogen-bond acceptors (Lipinski definition) is 6. The highest BCUT2D eigenvalue weighted by Crippen LogP contribution is 2.20. The quantitative estimate of drug-likeness (QED) is 0.785. The summed E-state index contributed by atoms with van der Waals surface area (Å²) < 4.78 is 4.93. The average molecular weight is 390 g/mol. The van der Waals surface area contributed by atoms with Gasteiger partial charge in [0, 0.05) is 38.0 Å². The molecule has 3 rings (SSSR count). The number of aryl methyl sites for hydroxylation is 1. The van der Waals surface area contributed by atoms with Gasteiger partial charge in [0.1, 0.15) is 5.76 Å². The summed E-state index contributed by atoms with van der Waals surface area (Å²) in [7, 11) is 0. The van der Waals surface area contributed by atoms with Crippen LogP contribution in [0.2, 0.25) is 0 Å². The molecule has 0 saturated carbocycles. The van der Waals surface area contributed by atoms with E-state index in [2.05, 4.69) is 15.8 Å². The van der Waals surface area contributed by atoms with Gasteiger partial charge in [0.15, 0.2) is 5.82 Å². The molecular weight excluding hydrogens is 368 g/mol. The maximum Gasteiger partial charge on any atom is 0.261 e. The first-order chi connectivity index (χ1) is 13.0. The molecule has 1 aliphatic rings. The molecule has 0 radical (unpaired) electrons. The predicted octanol–water partition coefficient (Wildman–Crippen LogP) is 2.04. The number of nitrogens with one attached hydrogen (secondary N) is 2. The third kappa shape index (κ3) is 5.16. The summed E-state index contributed by atoms with van der Waals surface area (Å²) in [5, 5.41) is 11.1. The number of carbonyl (C=O) groups is 3. The molecule has 0 unspecified atom stereocenters. The maximum absolute atomic E-state index is 12.3. The summed E-state index contributed by atoms with van der Waals surface area (Å²) in [5.74, 6) is 0.640. The Kier molecular flexibility index (Phi) is 6.23. The van der Waals surface area contributed by atoms with Gasteiger partial charge in [0.25, 0.3) is 5.91 Å². The number of likely N-dealkylation sites (tertiary alicyclic amines) is 1. The molecule has 2 aromatic heterocycles. The van der Waals surface area contributed by atoms with Crippen molar-refractivity contribution in [3.63, 3.8) is 0 Å². The molecule has 8 nitrogen and oxygen atoms in total. The van der Waals surface area contributed by atoms with E-state index < -0.39 is 0 Å². The molecule has 3 amide bonds. The topological polar surface area (TPSA) is 105 Å². The number of thiophene rings is 1. The molecule has 144 valence electrons. The van der Waals surface area contributed by atoms with Crippen molar-refractivity contribution < 1.29 is 18.9 Å². The molecule has 0 aromatic carbocycles. The number of anilines is 1. The summed E-state index contributed by atoms with van der Waals surface area (Å²) in [6.07, 6.45) is 1.47. The van der Waals surface area contributed by atoms with Crippen molar-refractivity contribution in [2.24, 2.45) is 5.92 Å². The van der Waals surface area contributed by atoms with E-state index in [1.54, 1.807) is 24.0 Å². The van der Waals surface area contributed by atoms with Crippen LogP contribution in [0.4, 0.5) is 5.82 Å². The van der Waals surface area contributed by atoms with Crippen molar-refractivity contribution in [1.29, 1.82) is 0 Å². The predicted molar refractivity (Wildman–Crippen MR) is 100 cm³/mol. The molecule has 1 saturated heterocycles. The molecule has 3 heterocycles. The van der Waals surface area contributed by atoms with Crippen LogP contribution in [0.15, 0.2) is 28.1 Å². The first kappa shape index (κ1) is 19.1. The van der Waals surface area contributed by atoms with Crippen LogP contribution in [0.1, 0.15) is 34.7 Å². The molecule has 0 atom stereocenters. The van der Waals surface area contributed by atoms with E-state index in [-0.39, 0.29) is 30.1 Å². The molecule has 2 aromatic rings. The monoisotopic (exact) mass is 390 g/mol. The zero-order valence-electron chi connectivity index (χ0n) is 15.1. The molecular formula is C18H22N4O4S. The molecule has 1 aliphatic heterocycles. The molecule has 0 spiro atoms. The van der Waals surface area contributed by atoms with Gasteiger partial charge in [0.05, 0.1) is 4.88 Å².